The lowest BCUT2D eigenvalue weighted by atomic mass is 9.98. The first-order chi connectivity index (χ1) is 15.5. The van der Waals surface area contributed by atoms with Crippen LogP contribution in [-0.2, 0) is 19.6 Å². The summed E-state index contributed by atoms with van der Waals surface area (Å²) in [6.45, 7) is 8.31. The molecule has 3 rings (SSSR count). The summed E-state index contributed by atoms with van der Waals surface area (Å²) in [6.07, 6.45) is 2.53. The molecule has 0 bridgehead atoms. The lowest BCUT2D eigenvalue weighted by Crippen LogP contribution is -2.40. The van der Waals surface area contributed by atoms with E-state index in [2.05, 4.69) is 9.71 Å². The van der Waals surface area contributed by atoms with E-state index in [9.17, 15) is 23.1 Å². The first-order valence-corrected chi connectivity index (χ1v) is 12.3. The maximum Gasteiger partial charge on any atom is 0.337 e. The third kappa shape index (κ3) is 5.44. The third-order valence-corrected chi connectivity index (χ3v) is 7.29. The van der Waals surface area contributed by atoms with Gasteiger partial charge in [-0.1, -0.05) is 6.07 Å². The van der Waals surface area contributed by atoms with Crippen LogP contribution in [0.15, 0.2) is 29.3 Å². The Morgan fingerprint density at radius 2 is 1.88 bits per heavy atom. The molecule has 1 aliphatic rings. The van der Waals surface area contributed by atoms with Crippen molar-refractivity contribution < 1.29 is 27.9 Å². The quantitative estimate of drug-likeness (QED) is 0.584. The molecule has 178 valence electrons. The number of aromatic nitrogens is 1. The van der Waals surface area contributed by atoms with E-state index in [0.717, 1.165) is 11.1 Å². The number of nitrogens with one attached hydrogen (secondary N) is 1. The highest BCUT2D eigenvalue weighted by Gasteiger charge is 2.30. The molecule has 9 nitrogen and oxygen atoms in total. The number of rotatable bonds is 7. The van der Waals surface area contributed by atoms with Crippen molar-refractivity contribution in [2.24, 2.45) is 5.92 Å². The van der Waals surface area contributed by atoms with Crippen LogP contribution in [0.4, 0.5) is 11.5 Å². The zero-order valence-corrected chi connectivity index (χ0v) is 20.0. The summed E-state index contributed by atoms with van der Waals surface area (Å²) in [4.78, 5) is 30.0. The van der Waals surface area contributed by atoms with Crippen molar-refractivity contribution in [2.75, 3.05) is 29.3 Å². The standard InChI is InChI=1S/C23H29N3O6S/c1-5-32-23(29)17-7-6-8-26(13-17)21-19(11-18(12-24-21)22(27)28)25-33(30,31)20-10-15(3)14(2)9-16(20)4/h9-12,17,25H,5-8,13H2,1-4H3,(H,27,28)/t17-/m0/s1. The number of benzene rings is 1. The number of carboxylic acids is 1. The summed E-state index contributed by atoms with van der Waals surface area (Å²) in [5, 5.41) is 9.42. The zero-order chi connectivity index (χ0) is 24.3. The molecule has 2 heterocycles. The van der Waals surface area contributed by atoms with Gasteiger partial charge in [-0.3, -0.25) is 9.52 Å². The van der Waals surface area contributed by atoms with Crippen LogP contribution in [0.25, 0.3) is 0 Å². The summed E-state index contributed by atoms with van der Waals surface area (Å²) in [7, 11) is -4.03. The number of nitrogens with zero attached hydrogens (tertiary/aromatic N) is 2. The molecule has 1 fully saturated rings. The largest absolute Gasteiger partial charge is 0.478 e. The number of aryl methyl sites for hydroxylation is 3. The molecule has 0 amide bonds. The number of ether oxygens (including phenoxy) is 1. The van der Waals surface area contributed by atoms with Gasteiger partial charge in [0, 0.05) is 19.3 Å². The maximum atomic E-state index is 13.3. The second-order valence-electron chi connectivity index (χ2n) is 8.24. The first kappa shape index (κ1) is 24.5. The molecule has 0 radical (unpaired) electrons. The van der Waals surface area contributed by atoms with Crippen LogP contribution in [0.5, 0.6) is 0 Å². The van der Waals surface area contributed by atoms with Gasteiger partial charge in [-0.2, -0.15) is 0 Å². The Kier molecular flexibility index (Phi) is 7.26. The Morgan fingerprint density at radius 3 is 2.55 bits per heavy atom. The number of aromatic carboxylic acids is 1. The van der Waals surface area contributed by atoms with Crippen molar-refractivity contribution in [1.29, 1.82) is 0 Å². The fraction of sp³-hybridized carbons (Fsp3) is 0.435. The maximum absolute atomic E-state index is 13.3. The van der Waals surface area contributed by atoms with Crippen molar-refractivity contribution in [3.63, 3.8) is 0 Å². The Morgan fingerprint density at radius 1 is 1.18 bits per heavy atom. The molecular weight excluding hydrogens is 446 g/mol. The molecule has 33 heavy (non-hydrogen) atoms. The van der Waals surface area contributed by atoms with Gasteiger partial charge in [0.15, 0.2) is 5.82 Å². The highest BCUT2D eigenvalue weighted by atomic mass is 32.2. The van der Waals surface area contributed by atoms with Crippen molar-refractivity contribution in [1.82, 2.24) is 4.98 Å². The summed E-state index contributed by atoms with van der Waals surface area (Å²) in [5.74, 6) is -1.62. The predicted molar refractivity (Wildman–Crippen MR) is 124 cm³/mol. The molecule has 1 aliphatic heterocycles. The number of carboxylic acid groups (broad SMARTS) is 1. The van der Waals surface area contributed by atoms with E-state index in [0.29, 0.717) is 31.5 Å². The normalized spacial score (nSPS) is 16.4. The van der Waals surface area contributed by atoms with Crippen molar-refractivity contribution in [3.8, 4) is 0 Å². The van der Waals surface area contributed by atoms with E-state index in [4.69, 9.17) is 4.74 Å². The van der Waals surface area contributed by atoms with Gasteiger partial charge in [0.2, 0.25) is 0 Å². The van der Waals surface area contributed by atoms with Crippen LogP contribution >= 0.6 is 0 Å². The zero-order valence-electron chi connectivity index (χ0n) is 19.2. The van der Waals surface area contributed by atoms with Crippen LogP contribution in [-0.4, -0.2) is 50.1 Å². The second kappa shape index (κ2) is 9.78. The number of sulfonamides is 1. The summed E-state index contributed by atoms with van der Waals surface area (Å²) >= 11 is 0. The number of carbonyl (C=O) groups is 2. The van der Waals surface area contributed by atoms with Crippen molar-refractivity contribution in [2.45, 2.75) is 45.4 Å². The molecule has 1 atom stereocenters. The number of hydrogen-bond acceptors (Lipinski definition) is 7. The molecule has 2 N–H and O–H groups in total. The number of hydrogen-bond donors (Lipinski definition) is 2. The Balaban J connectivity index is 2.00. The van der Waals surface area contributed by atoms with Crippen LogP contribution in [0.1, 0.15) is 46.8 Å². The smallest absolute Gasteiger partial charge is 0.337 e. The van der Waals surface area contributed by atoms with Gasteiger partial charge in [0.25, 0.3) is 10.0 Å². The highest BCUT2D eigenvalue weighted by Crippen LogP contribution is 2.32. The van der Waals surface area contributed by atoms with Gasteiger partial charge >= 0.3 is 11.9 Å². The monoisotopic (exact) mass is 475 g/mol. The second-order valence-corrected chi connectivity index (χ2v) is 9.90. The topological polar surface area (TPSA) is 126 Å². The molecule has 10 heteroatoms. The Bertz CT molecular complexity index is 1180. The molecule has 1 aromatic carbocycles. The minimum absolute atomic E-state index is 0.0528. The van der Waals surface area contributed by atoms with E-state index >= 15 is 0 Å². The van der Waals surface area contributed by atoms with Gasteiger partial charge in [0.1, 0.15) is 0 Å². The van der Waals surface area contributed by atoms with Gasteiger partial charge in [-0.15, -0.1) is 0 Å². The van der Waals surface area contributed by atoms with E-state index in [1.165, 1.54) is 12.3 Å². The molecular formula is C23H29N3O6S. The SMILES string of the molecule is CCOC(=O)[C@H]1CCCN(c2ncc(C(=O)O)cc2NS(=O)(=O)c2cc(C)c(C)cc2C)C1. The fourth-order valence-corrected chi connectivity index (χ4v) is 5.31. The van der Waals surface area contributed by atoms with Crippen LogP contribution in [0.3, 0.4) is 0 Å². The van der Waals surface area contributed by atoms with E-state index in [1.54, 1.807) is 30.9 Å². The summed E-state index contributed by atoms with van der Waals surface area (Å²) in [5.41, 5.74) is 2.28. The van der Waals surface area contributed by atoms with Crippen molar-refractivity contribution in [3.05, 3.63) is 46.6 Å². The molecule has 1 aromatic heterocycles. The number of carbonyl (C=O) groups excluding carboxylic acids is 1. The molecule has 2 aromatic rings. The molecule has 0 aliphatic carbocycles. The number of esters is 1. The van der Waals surface area contributed by atoms with E-state index in [1.807, 2.05) is 13.8 Å². The average molecular weight is 476 g/mol. The first-order valence-electron chi connectivity index (χ1n) is 10.8. The van der Waals surface area contributed by atoms with E-state index < -0.39 is 16.0 Å². The minimum Gasteiger partial charge on any atom is -0.478 e. The van der Waals surface area contributed by atoms with Crippen molar-refractivity contribution >= 4 is 33.5 Å². The van der Waals surface area contributed by atoms with E-state index in [-0.39, 0.29) is 40.5 Å². The minimum atomic E-state index is -4.03. The van der Waals surface area contributed by atoms with Gasteiger partial charge in [-0.25, -0.2) is 18.2 Å². The van der Waals surface area contributed by atoms with Crippen LogP contribution < -0.4 is 9.62 Å². The Hall–Kier alpha value is -3.14. The lowest BCUT2D eigenvalue weighted by molar-refractivity contribution is -0.148. The van der Waals surface area contributed by atoms with Crippen LogP contribution in [0, 0.1) is 26.7 Å². The van der Waals surface area contributed by atoms with Gasteiger partial charge < -0.3 is 14.7 Å². The average Bonchev–Trinajstić information content (AvgIpc) is 2.76. The third-order valence-electron chi connectivity index (χ3n) is 5.78. The number of anilines is 2. The van der Waals surface area contributed by atoms with Gasteiger partial charge in [0.05, 0.1) is 28.7 Å². The lowest BCUT2D eigenvalue weighted by Gasteiger charge is -2.33. The highest BCUT2D eigenvalue weighted by molar-refractivity contribution is 7.92. The van der Waals surface area contributed by atoms with Gasteiger partial charge in [-0.05, 0) is 69.4 Å². The molecule has 0 spiro atoms. The Labute approximate surface area is 193 Å². The summed E-state index contributed by atoms with van der Waals surface area (Å²) in [6, 6.07) is 4.65. The molecule has 0 unspecified atom stereocenters. The number of pyridine rings is 1. The predicted octanol–water partition coefficient (Wildman–Crippen LogP) is 3.29. The molecule has 0 saturated carbocycles. The van der Waals surface area contributed by atoms with Crippen LogP contribution in [0.2, 0.25) is 0 Å². The molecule has 1 saturated heterocycles. The fourth-order valence-electron chi connectivity index (χ4n) is 3.95. The summed E-state index contributed by atoms with van der Waals surface area (Å²) < 4.78 is 34.2. The number of piperidine rings is 1.